The van der Waals surface area contributed by atoms with Crippen LogP contribution in [0.3, 0.4) is 0 Å². The minimum absolute atomic E-state index is 0.420. The number of nitrogens with one attached hydrogen (secondary N) is 2. The van der Waals surface area contributed by atoms with E-state index in [1.54, 1.807) is 23.9 Å². The number of fused-ring (bicyclic) bond motifs is 1. The predicted octanol–water partition coefficient (Wildman–Crippen LogP) is 2.44. The van der Waals surface area contributed by atoms with E-state index in [4.69, 9.17) is 9.57 Å². The lowest BCUT2D eigenvalue weighted by molar-refractivity contribution is -0.163. The Balaban J connectivity index is 1.84. The van der Waals surface area contributed by atoms with Gasteiger partial charge in [0.1, 0.15) is 0 Å². The van der Waals surface area contributed by atoms with Crippen molar-refractivity contribution in [3.8, 4) is 0 Å². The molecule has 0 saturated heterocycles. The lowest BCUT2D eigenvalue weighted by atomic mass is 10.0. The smallest absolute Gasteiger partial charge is 0.344 e. The number of aromatic nitrogens is 3. The number of anilines is 1. The van der Waals surface area contributed by atoms with Crippen LogP contribution < -0.4 is 10.8 Å². The molecule has 8 heteroatoms. The topological polar surface area (TPSA) is 90.3 Å². The largest absolute Gasteiger partial charge is 0.467 e. The van der Waals surface area contributed by atoms with Crippen molar-refractivity contribution in [2.24, 2.45) is 7.05 Å². The summed E-state index contributed by atoms with van der Waals surface area (Å²) in [5.41, 5.74) is 5.99. The molecule has 0 aromatic carbocycles. The fraction of sp³-hybridized carbons (Fsp3) is 0.526. The van der Waals surface area contributed by atoms with Gasteiger partial charge < -0.3 is 10.1 Å². The maximum atomic E-state index is 12.1. The molecule has 2 aromatic heterocycles. The fourth-order valence-electron chi connectivity index (χ4n) is 3.97. The van der Waals surface area contributed by atoms with Gasteiger partial charge in [-0.15, -0.1) is 0 Å². The van der Waals surface area contributed by atoms with E-state index >= 15 is 0 Å². The average Bonchev–Trinajstić information content (AvgIpc) is 3.36. The van der Waals surface area contributed by atoms with Crippen molar-refractivity contribution in [1.29, 1.82) is 0 Å². The molecule has 1 atom stereocenters. The number of nitrogens with zero attached hydrogens (tertiary/aromatic N) is 3. The molecule has 1 aliphatic carbocycles. The summed E-state index contributed by atoms with van der Waals surface area (Å²) < 4.78 is 6.65. The van der Waals surface area contributed by atoms with Crippen LogP contribution in [-0.4, -0.2) is 39.5 Å². The quantitative estimate of drug-likeness (QED) is 0.798. The molecule has 2 N–H and O–H groups in total. The van der Waals surface area contributed by atoms with E-state index < -0.39 is 11.6 Å². The maximum absolute atomic E-state index is 12.1. The summed E-state index contributed by atoms with van der Waals surface area (Å²) >= 11 is 0. The number of aryl methyl sites for hydroxylation is 2. The predicted molar refractivity (Wildman–Crippen MR) is 102 cm³/mol. The number of esters is 1. The second kappa shape index (κ2) is 6.53. The number of carbonyl (C=O) groups excluding carboxylic acids is 1. The van der Waals surface area contributed by atoms with Crippen molar-refractivity contribution in [2.75, 3.05) is 12.4 Å². The Morgan fingerprint density at radius 3 is 2.89 bits per heavy atom. The highest BCUT2D eigenvalue weighted by Crippen LogP contribution is 2.37. The number of ether oxygens (including phenoxy) is 1. The molecule has 1 saturated carbocycles. The Hall–Kier alpha value is -2.61. The van der Waals surface area contributed by atoms with Gasteiger partial charge in [-0.3, -0.25) is 15.0 Å². The monoisotopic (exact) mass is 371 g/mol. The summed E-state index contributed by atoms with van der Waals surface area (Å²) in [5, 5.41) is 9.24. The van der Waals surface area contributed by atoms with Crippen molar-refractivity contribution in [3.63, 3.8) is 0 Å². The number of hydroxylamine groups is 1. The first-order chi connectivity index (χ1) is 12.9. The van der Waals surface area contributed by atoms with E-state index in [0.717, 1.165) is 40.8 Å². The Kier molecular flexibility index (Phi) is 4.30. The Labute approximate surface area is 157 Å². The van der Waals surface area contributed by atoms with Gasteiger partial charge in [0.15, 0.2) is 5.65 Å². The molecule has 144 valence electrons. The van der Waals surface area contributed by atoms with Crippen LogP contribution in [0.15, 0.2) is 12.3 Å². The SMILES string of the molecule is COC(=O)C1(C)C=C(c2cnc3c(c(C)nn3C)c2NC2CCCC2)NO1. The molecule has 8 nitrogen and oxygen atoms in total. The lowest BCUT2D eigenvalue weighted by Crippen LogP contribution is -2.36. The Morgan fingerprint density at radius 2 is 2.19 bits per heavy atom. The first-order valence-corrected chi connectivity index (χ1v) is 9.27. The zero-order valence-electron chi connectivity index (χ0n) is 16.1. The molecule has 1 aliphatic heterocycles. The van der Waals surface area contributed by atoms with Crippen LogP contribution in [0.1, 0.15) is 43.9 Å². The summed E-state index contributed by atoms with van der Waals surface area (Å²) in [6.45, 7) is 3.66. The van der Waals surface area contributed by atoms with Crippen LogP contribution in [-0.2, 0) is 21.4 Å². The molecular formula is C19H25N5O3. The van der Waals surface area contributed by atoms with E-state index in [1.165, 1.54) is 20.0 Å². The van der Waals surface area contributed by atoms with Crippen LogP contribution in [0.5, 0.6) is 0 Å². The van der Waals surface area contributed by atoms with Gasteiger partial charge in [-0.05, 0) is 32.8 Å². The van der Waals surface area contributed by atoms with Gasteiger partial charge in [0, 0.05) is 24.8 Å². The average molecular weight is 371 g/mol. The maximum Gasteiger partial charge on any atom is 0.344 e. The number of hydrogen-bond acceptors (Lipinski definition) is 7. The molecule has 0 amide bonds. The van der Waals surface area contributed by atoms with E-state index in [0.29, 0.717) is 11.7 Å². The first-order valence-electron chi connectivity index (χ1n) is 9.27. The van der Waals surface area contributed by atoms with E-state index in [9.17, 15) is 4.79 Å². The highest BCUT2D eigenvalue weighted by molar-refractivity contribution is 5.98. The van der Waals surface area contributed by atoms with Crippen LogP contribution in [0, 0.1) is 6.92 Å². The molecule has 0 bridgehead atoms. The van der Waals surface area contributed by atoms with Gasteiger partial charge in [0.2, 0.25) is 5.60 Å². The van der Waals surface area contributed by atoms with Gasteiger partial charge in [0.05, 0.1) is 29.6 Å². The Morgan fingerprint density at radius 1 is 1.44 bits per heavy atom. The summed E-state index contributed by atoms with van der Waals surface area (Å²) in [4.78, 5) is 22.2. The van der Waals surface area contributed by atoms with Gasteiger partial charge in [0.25, 0.3) is 0 Å². The summed E-state index contributed by atoms with van der Waals surface area (Å²) in [6.07, 6.45) is 8.30. The van der Waals surface area contributed by atoms with Crippen molar-refractivity contribution in [2.45, 2.75) is 51.2 Å². The van der Waals surface area contributed by atoms with E-state index in [-0.39, 0.29) is 0 Å². The highest BCUT2D eigenvalue weighted by atomic mass is 16.7. The van der Waals surface area contributed by atoms with Crippen LogP contribution in [0.4, 0.5) is 5.69 Å². The first kappa shape index (κ1) is 17.8. The third-order valence-corrected chi connectivity index (χ3v) is 5.40. The molecule has 2 aliphatic rings. The van der Waals surface area contributed by atoms with Gasteiger partial charge in [-0.25, -0.2) is 9.78 Å². The molecule has 4 rings (SSSR count). The minimum Gasteiger partial charge on any atom is -0.467 e. The highest BCUT2D eigenvalue weighted by Gasteiger charge is 2.40. The van der Waals surface area contributed by atoms with Crippen LogP contribution in [0.2, 0.25) is 0 Å². The van der Waals surface area contributed by atoms with Gasteiger partial charge in [-0.2, -0.15) is 5.10 Å². The number of rotatable bonds is 4. The number of methoxy groups -OCH3 is 1. The van der Waals surface area contributed by atoms with E-state index in [1.807, 2.05) is 14.0 Å². The third kappa shape index (κ3) is 2.93. The molecule has 1 fully saturated rings. The summed E-state index contributed by atoms with van der Waals surface area (Å²) in [7, 11) is 3.24. The third-order valence-electron chi connectivity index (χ3n) is 5.40. The summed E-state index contributed by atoms with van der Waals surface area (Å²) in [5.74, 6) is -0.457. The van der Waals surface area contributed by atoms with E-state index in [2.05, 4.69) is 20.9 Å². The standard InChI is InChI=1S/C19H25N5O3/c1-11-15-16(21-12-7-5-6-8-12)13(10-20-17(15)24(3)22-11)14-9-19(2,27-23-14)18(25)26-4/h9-10,12,23H,5-8H2,1-4H3,(H,20,21). The van der Waals surface area contributed by atoms with Crippen molar-refractivity contribution >= 4 is 28.4 Å². The number of pyridine rings is 1. The zero-order chi connectivity index (χ0) is 19.2. The van der Waals surface area contributed by atoms with Crippen molar-refractivity contribution < 1.29 is 14.4 Å². The lowest BCUT2D eigenvalue weighted by Gasteiger charge is -2.19. The second-order valence-electron chi connectivity index (χ2n) is 7.44. The summed E-state index contributed by atoms with van der Waals surface area (Å²) in [6, 6.07) is 0.420. The van der Waals surface area contributed by atoms with Crippen LogP contribution in [0.25, 0.3) is 16.7 Å². The molecule has 0 spiro atoms. The number of hydrogen-bond donors (Lipinski definition) is 2. The van der Waals surface area contributed by atoms with Crippen molar-refractivity contribution in [3.05, 3.63) is 23.5 Å². The van der Waals surface area contributed by atoms with Gasteiger partial charge >= 0.3 is 5.97 Å². The minimum atomic E-state index is -1.17. The fourth-order valence-corrected chi connectivity index (χ4v) is 3.97. The van der Waals surface area contributed by atoms with Crippen LogP contribution >= 0.6 is 0 Å². The molecule has 27 heavy (non-hydrogen) atoms. The molecule has 2 aromatic rings. The molecule has 1 unspecified atom stereocenters. The molecular weight excluding hydrogens is 346 g/mol. The number of carbonyl (C=O) groups is 1. The Bertz CT molecular complexity index is 929. The second-order valence-corrected chi connectivity index (χ2v) is 7.44. The zero-order valence-corrected chi connectivity index (χ0v) is 16.1. The molecule has 3 heterocycles. The van der Waals surface area contributed by atoms with Crippen molar-refractivity contribution in [1.82, 2.24) is 20.2 Å². The molecule has 0 radical (unpaired) electrons. The van der Waals surface area contributed by atoms with Gasteiger partial charge in [-0.1, -0.05) is 12.8 Å². The normalized spacial score (nSPS) is 22.7.